The summed E-state index contributed by atoms with van der Waals surface area (Å²) in [6.07, 6.45) is 2.16. The highest BCUT2D eigenvalue weighted by Gasteiger charge is 2.19. The Bertz CT molecular complexity index is 484. The van der Waals surface area contributed by atoms with Crippen LogP contribution in [0, 0.1) is 5.92 Å². The van der Waals surface area contributed by atoms with Gasteiger partial charge in [0.1, 0.15) is 0 Å². The van der Waals surface area contributed by atoms with Crippen molar-refractivity contribution in [2.24, 2.45) is 11.7 Å². The lowest BCUT2D eigenvalue weighted by atomic mass is 10.1. The van der Waals surface area contributed by atoms with E-state index in [1.165, 1.54) is 0 Å². The van der Waals surface area contributed by atoms with Crippen molar-refractivity contribution in [2.75, 3.05) is 25.0 Å². The molecule has 1 aliphatic rings. The maximum absolute atomic E-state index is 12.2. The number of anilines is 1. The lowest BCUT2D eigenvalue weighted by Gasteiger charge is -2.15. The highest BCUT2D eigenvalue weighted by atomic mass is 35.5. The van der Waals surface area contributed by atoms with Crippen LogP contribution in [0.25, 0.3) is 0 Å². The molecule has 0 aromatic heterocycles. The molecule has 21 heavy (non-hydrogen) atoms. The zero-order chi connectivity index (χ0) is 14.5. The van der Waals surface area contributed by atoms with Crippen molar-refractivity contribution in [3.8, 4) is 0 Å². The van der Waals surface area contributed by atoms with Crippen molar-refractivity contribution >= 4 is 29.9 Å². The molecule has 6 heteroatoms. The second kappa shape index (κ2) is 8.00. The third-order valence-corrected chi connectivity index (χ3v) is 3.59. The Kier molecular flexibility index (Phi) is 6.65. The van der Waals surface area contributed by atoms with Gasteiger partial charge >= 0.3 is 0 Å². The minimum atomic E-state index is -0.221. The largest absolute Gasteiger partial charge is 0.339 e. The number of carbonyl (C=O) groups is 2. The van der Waals surface area contributed by atoms with Crippen LogP contribution >= 0.6 is 12.4 Å². The molecule has 1 aromatic rings. The second-order valence-electron chi connectivity index (χ2n) is 5.20. The number of hydrogen-bond donors (Lipinski definition) is 2. The minimum absolute atomic E-state index is 0. The molecule has 0 radical (unpaired) electrons. The molecule has 2 amide bonds. The Morgan fingerprint density at radius 2 is 1.81 bits per heavy atom. The van der Waals surface area contributed by atoms with Gasteiger partial charge in [-0.2, -0.15) is 0 Å². The van der Waals surface area contributed by atoms with E-state index < -0.39 is 0 Å². The van der Waals surface area contributed by atoms with E-state index in [1.54, 1.807) is 31.2 Å². The molecule has 116 valence electrons. The third-order valence-electron chi connectivity index (χ3n) is 3.59. The summed E-state index contributed by atoms with van der Waals surface area (Å²) in [7, 11) is 0. The van der Waals surface area contributed by atoms with Crippen molar-refractivity contribution < 1.29 is 9.59 Å². The smallest absolute Gasteiger partial charge is 0.253 e. The molecular weight excluding hydrogens is 290 g/mol. The number of nitrogens with one attached hydrogen (secondary N) is 1. The molecule has 1 saturated heterocycles. The maximum Gasteiger partial charge on any atom is 0.253 e. The summed E-state index contributed by atoms with van der Waals surface area (Å²) in [5.74, 6) is -0.261. The Morgan fingerprint density at radius 1 is 1.24 bits per heavy atom. The Morgan fingerprint density at radius 3 is 2.33 bits per heavy atom. The number of nitrogens with two attached hydrogens (primary N) is 1. The molecule has 0 saturated carbocycles. The first kappa shape index (κ1) is 17.5. The van der Waals surface area contributed by atoms with Gasteiger partial charge in [0.05, 0.1) is 0 Å². The molecule has 1 unspecified atom stereocenters. The summed E-state index contributed by atoms with van der Waals surface area (Å²) in [4.78, 5) is 25.7. The van der Waals surface area contributed by atoms with Crippen LogP contribution in [0.1, 0.15) is 30.1 Å². The molecule has 0 bridgehead atoms. The van der Waals surface area contributed by atoms with E-state index in [2.05, 4.69) is 5.32 Å². The standard InChI is InChI=1S/C15H21N3O2.ClH/c1-11(10-16)14(19)17-13-6-4-12(5-7-13)15(20)18-8-2-3-9-18;/h4-7,11H,2-3,8-10,16H2,1H3,(H,17,19);1H. The highest BCUT2D eigenvalue weighted by molar-refractivity contribution is 5.96. The van der Waals surface area contributed by atoms with Gasteiger partial charge in [-0.25, -0.2) is 0 Å². The fourth-order valence-electron chi connectivity index (χ4n) is 2.17. The van der Waals surface area contributed by atoms with Gasteiger partial charge in [0, 0.05) is 36.8 Å². The maximum atomic E-state index is 12.2. The van der Waals surface area contributed by atoms with E-state index in [1.807, 2.05) is 4.90 Å². The third kappa shape index (κ3) is 4.44. The summed E-state index contributed by atoms with van der Waals surface area (Å²) in [5, 5.41) is 2.78. The molecule has 0 aliphatic carbocycles. The van der Waals surface area contributed by atoms with Crippen molar-refractivity contribution in [3.63, 3.8) is 0 Å². The van der Waals surface area contributed by atoms with Crippen molar-refractivity contribution in [3.05, 3.63) is 29.8 Å². The van der Waals surface area contributed by atoms with Gasteiger partial charge in [-0.15, -0.1) is 12.4 Å². The molecule has 2 rings (SSSR count). The van der Waals surface area contributed by atoms with Gasteiger partial charge < -0.3 is 16.0 Å². The number of hydrogen-bond acceptors (Lipinski definition) is 3. The number of rotatable bonds is 4. The first-order valence-electron chi connectivity index (χ1n) is 7.02. The average Bonchev–Trinajstić information content (AvgIpc) is 3.00. The number of likely N-dealkylation sites (tertiary alicyclic amines) is 1. The number of amides is 2. The monoisotopic (exact) mass is 311 g/mol. The molecule has 3 N–H and O–H groups in total. The van der Waals surface area contributed by atoms with Crippen LogP contribution in [-0.4, -0.2) is 36.3 Å². The summed E-state index contributed by atoms with van der Waals surface area (Å²) >= 11 is 0. The SMILES string of the molecule is CC(CN)C(=O)Nc1ccc(C(=O)N2CCCC2)cc1.Cl. The highest BCUT2D eigenvalue weighted by Crippen LogP contribution is 2.15. The van der Waals surface area contributed by atoms with E-state index in [-0.39, 0.29) is 30.1 Å². The van der Waals surface area contributed by atoms with Crippen LogP contribution in [0.2, 0.25) is 0 Å². The van der Waals surface area contributed by atoms with E-state index in [0.29, 0.717) is 17.8 Å². The van der Waals surface area contributed by atoms with Gasteiger partial charge in [-0.3, -0.25) is 9.59 Å². The molecule has 1 heterocycles. The van der Waals surface area contributed by atoms with Gasteiger partial charge in [0.25, 0.3) is 5.91 Å². The predicted molar refractivity (Wildman–Crippen MR) is 85.7 cm³/mol. The number of halogens is 1. The summed E-state index contributed by atoms with van der Waals surface area (Å²) in [6.45, 7) is 3.77. The summed E-state index contributed by atoms with van der Waals surface area (Å²) < 4.78 is 0. The van der Waals surface area contributed by atoms with Crippen LogP contribution in [-0.2, 0) is 4.79 Å². The lowest BCUT2D eigenvalue weighted by molar-refractivity contribution is -0.119. The van der Waals surface area contributed by atoms with Crippen molar-refractivity contribution in [2.45, 2.75) is 19.8 Å². The van der Waals surface area contributed by atoms with E-state index >= 15 is 0 Å². The van der Waals surface area contributed by atoms with Gasteiger partial charge in [-0.1, -0.05) is 6.92 Å². The predicted octanol–water partition coefficient (Wildman–Crippen LogP) is 1.88. The molecular formula is C15H22ClN3O2. The average molecular weight is 312 g/mol. The molecule has 1 atom stereocenters. The van der Waals surface area contributed by atoms with Crippen LogP contribution in [0.15, 0.2) is 24.3 Å². The number of benzene rings is 1. The van der Waals surface area contributed by atoms with Crippen molar-refractivity contribution in [1.82, 2.24) is 4.90 Å². The van der Waals surface area contributed by atoms with E-state index in [9.17, 15) is 9.59 Å². The molecule has 5 nitrogen and oxygen atoms in total. The lowest BCUT2D eigenvalue weighted by Crippen LogP contribution is -2.28. The summed E-state index contributed by atoms with van der Waals surface area (Å²) in [6, 6.07) is 7.02. The molecule has 1 aromatic carbocycles. The first-order valence-corrected chi connectivity index (χ1v) is 7.02. The number of carbonyl (C=O) groups excluding carboxylic acids is 2. The zero-order valence-corrected chi connectivity index (χ0v) is 13.0. The van der Waals surface area contributed by atoms with Crippen LogP contribution in [0.4, 0.5) is 5.69 Å². The number of nitrogens with zero attached hydrogens (tertiary/aromatic N) is 1. The molecule has 1 fully saturated rings. The fraction of sp³-hybridized carbons (Fsp3) is 0.467. The Labute approximate surface area is 131 Å². The van der Waals surface area contributed by atoms with E-state index in [0.717, 1.165) is 25.9 Å². The van der Waals surface area contributed by atoms with Crippen molar-refractivity contribution in [1.29, 1.82) is 0 Å². The van der Waals surface area contributed by atoms with Crippen LogP contribution < -0.4 is 11.1 Å². The van der Waals surface area contributed by atoms with Crippen LogP contribution in [0.5, 0.6) is 0 Å². The van der Waals surface area contributed by atoms with E-state index in [4.69, 9.17) is 5.73 Å². The summed E-state index contributed by atoms with van der Waals surface area (Å²) in [5.41, 5.74) is 6.80. The van der Waals surface area contributed by atoms with Gasteiger partial charge in [-0.05, 0) is 37.1 Å². The quantitative estimate of drug-likeness (QED) is 0.891. The molecule has 1 aliphatic heterocycles. The fourth-order valence-corrected chi connectivity index (χ4v) is 2.17. The van der Waals surface area contributed by atoms with Gasteiger partial charge in [0.2, 0.25) is 5.91 Å². The normalized spacial score (nSPS) is 15.2. The topological polar surface area (TPSA) is 75.4 Å². The molecule has 0 spiro atoms. The van der Waals surface area contributed by atoms with Gasteiger partial charge in [0.15, 0.2) is 0 Å². The Balaban J connectivity index is 0.00000220. The second-order valence-corrected chi connectivity index (χ2v) is 5.20. The van der Waals surface area contributed by atoms with Crippen LogP contribution in [0.3, 0.4) is 0 Å². The zero-order valence-electron chi connectivity index (χ0n) is 12.2. The first-order chi connectivity index (χ1) is 9.61. The Hall–Kier alpha value is -1.59. The minimum Gasteiger partial charge on any atom is -0.339 e.